The van der Waals surface area contributed by atoms with Crippen LogP contribution in [0.15, 0.2) is 18.2 Å². The van der Waals surface area contributed by atoms with Crippen molar-refractivity contribution in [1.29, 1.82) is 0 Å². The van der Waals surface area contributed by atoms with Crippen LogP contribution in [0.5, 0.6) is 0 Å². The third-order valence-corrected chi connectivity index (χ3v) is 2.81. The molecule has 0 unspecified atom stereocenters. The number of unbranched alkanes of at least 4 members (excludes halogenated alkanes) is 2. The highest BCUT2D eigenvalue weighted by Gasteiger charge is 2.06. The SMILES string of the molecule is CCCCCNc1cccc(C(C)=O)c1C. The van der Waals surface area contributed by atoms with Gasteiger partial charge in [-0.2, -0.15) is 0 Å². The highest BCUT2D eigenvalue weighted by Crippen LogP contribution is 2.19. The van der Waals surface area contributed by atoms with Gasteiger partial charge in [-0.1, -0.05) is 31.9 Å². The van der Waals surface area contributed by atoms with Gasteiger partial charge in [0, 0.05) is 17.8 Å². The number of carbonyl (C=O) groups is 1. The van der Waals surface area contributed by atoms with Crippen molar-refractivity contribution in [3.63, 3.8) is 0 Å². The number of hydrogen-bond acceptors (Lipinski definition) is 2. The molecule has 1 rings (SSSR count). The molecular weight excluding hydrogens is 198 g/mol. The lowest BCUT2D eigenvalue weighted by atomic mass is 10.0. The van der Waals surface area contributed by atoms with E-state index in [1.54, 1.807) is 6.92 Å². The lowest BCUT2D eigenvalue weighted by molar-refractivity contribution is 0.101. The van der Waals surface area contributed by atoms with E-state index in [4.69, 9.17) is 0 Å². The van der Waals surface area contributed by atoms with Gasteiger partial charge in [0.1, 0.15) is 0 Å². The number of anilines is 1. The third kappa shape index (κ3) is 3.37. The van der Waals surface area contributed by atoms with Crippen molar-refractivity contribution in [3.8, 4) is 0 Å². The van der Waals surface area contributed by atoms with Crippen molar-refractivity contribution >= 4 is 11.5 Å². The molecule has 1 aromatic rings. The number of nitrogens with one attached hydrogen (secondary N) is 1. The van der Waals surface area contributed by atoms with E-state index in [9.17, 15) is 4.79 Å². The fourth-order valence-corrected chi connectivity index (χ4v) is 1.81. The number of benzene rings is 1. The molecule has 0 aliphatic rings. The van der Waals surface area contributed by atoms with E-state index < -0.39 is 0 Å². The Labute approximate surface area is 98.1 Å². The van der Waals surface area contributed by atoms with Crippen molar-refractivity contribution in [2.24, 2.45) is 0 Å². The van der Waals surface area contributed by atoms with Crippen LogP contribution < -0.4 is 5.32 Å². The Morgan fingerprint density at radius 2 is 2.06 bits per heavy atom. The van der Waals surface area contributed by atoms with Crippen LogP contribution >= 0.6 is 0 Å². The van der Waals surface area contributed by atoms with Gasteiger partial charge in [0.25, 0.3) is 0 Å². The van der Waals surface area contributed by atoms with E-state index in [2.05, 4.69) is 12.2 Å². The van der Waals surface area contributed by atoms with E-state index >= 15 is 0 Å². The van der Waals surface area contributed by atoms with Crippen LogP contribution in [0, 0.1) is 6.92 Å². The van der Waals surface area contributed by atoms with E-state index in [1.165, 1.54) is 19.3 Å². The van der Waals surface area contributed by atoms with Gasteiger partial charge in [0.2, 0.25) is 0 Å². The first-order valence-corrected chi connectivity index (χ1v) is 6.01. The normalized spacial score (nSPS) is 10.2. The standard InChI is InChI=1S/C14H21NO/c1-4-5-6-10-15-14-9-7-8-13(11(14)2)12(3)16/h7-9,15H,4-6,10H2,1-3H3. The first-order valence-electron chi connectivity index (χ1n) is 6.01. The molecule has 0 aromatic heterocycles. The Balaban J connectivity index is 2.66. The summed E-state index contributed by atoms with van der Waals surface area (Å²) in [7, 11) is 0. The number of Topliss-reactive ketones (excluding diaryl/α,β-unsaturated/α-hetero) is 1. The summed E-state index contributed by atoms with van der Waals surface area (Å²) in [5, 5.41) is 3.39. The molecular formula is C14H21NO. The van der Waals surface area contributed by atoms with Crippen LogP contribution in [0.3, 0.4) is 0 Å². The topological polar surface area (TPSA) is 29.1 Å². The molecule has 2 nitrogen and oxygen atoms in total. The lowest BCUT2D eigenvalue weighted by Gasteiger charge is -2.11. The molecule has 0 radical (unpaired) electrons. The molecule has 88 valence electrons. The molecule has 0 saturated heterocycles. The first-order chi connectivity index (χ1) is 7.66. The van der Waals surface area contributed by atoms with Crippen molar-refractivity contribution < 1.29 is 4.79 Å². The largest absolute Gasteiger partial charge is 0.385 e. The maximum atomic E-state index is 11.4. The number of ketones is 1. The van der Waals surface area contributed by atoms with Gasteiger partial charge >= 0.3 is 0 Å². The Morgan fingerprint density at radius 3 is 2.69 bits per heavy atom. The van der Waals surface area contributed by atoms with E-state index in [-0.39, 0.29) is 5.78 Å². The van der Waals surface area contributed by atoms with Crippen LogP contribution in [-0.2, 0) is 0 Å². The fourth-order valence-electron chi connectivity index (χ4n) is 1.81. The Bertz CT molecular complexity index is 358. The second kappa shape index (κ2) is 6.31. The zero-order valence-electron chi connectivity index (χ0n) is 10.5. The minimum absolute atomic E-state index is 0.134. The van der Waals surface area contributed by atoms with Crippen LogP contribution in [-0.4, -0.2) is 12.3 Å². The Kier molecular flexibility index (Phi) is 5.03. The second-order valence-corrected chi connectivity index (χ2v) is 4.17. The molecule has 0 aliphatic carbocycles. The van der Waals surface area contributed by atoms with Gasteiger partial charge in [-0.25, -0.2) is 0 Å². The third-order valence-electron chi connectivity index (χ3n) is 2.81. The van der Waals surface area contributed by atoms with Crippen LogP contribution in [0.1, 0.15) is 49.0 Å². The predicted molar refractivity (Wildman–Crippen MR) is 69.2 cm³/mol. The van der Waals surface area contributed by atoms with Crippen LogP contribution in [0.2, 0.25) is 0 Å². The van der Waals surface area contributed by atoms with Gasteiger partial charge in [-0.3, -0.25) is 4.79 Å². The summed E-state index contributed by atoms with van der Waals surface area (Å²) in [6.45, 7) is 6.79. The molecule has 0 saturated carbocycles. The molecule has 0 spiro atoms. The second-order valence-electron chi connectivity index (χ2n) is 4.17. The van der Waals surface area contributed by atoms with E-state index in [0.717, 1.165) is 23.4 Å². The number of hydrogen-bond donors (Lipinski definition) is 1. The van der Waals surface area contributed by atoms with Crippen molar-refractivity contribution in [2.75, 3.05) is 11.9 Å². The van der Waals surface area contributed by atoms with Gasteiger partial charge in [0.15, 0.2) is 5.78 Å². The van der Waals surface area contributed by atoms with Gasteiger partial charge in [-0.15, -0.1) is 0 Å². The molecule has 16 heavy (non-hydrogen) atoms. The number of rotatable bonds is 6. The summed E-state index contributed by atoms with van der Waals surface area (Å²) in [6, 6.07) is 5.86. The summed E-state index contributed by atoms with van der Waals surface area (Å²) >= 11 is 0. The molecule has 1 aromatic carbocycles. The summed E-state index contributed by atoms with van der Waals surface area (Å²) in [5.74, 6) is 0.134. The quantitative estimate of drug-likeness (QED) is 0.582. The zero-order chi connectivity index (χ0) is 12.0. The molecule has 0 amide bonds. The molecule has 0 heterocycles. The average Bonchev–Trinajstić information content (AvgIpc) is 2.26. The van der Waals surface area contributed by atoms with Gasteiger partial charge in [-0.05, 0) is 31.9 Å². The maximum absolute atomic E-state index is 11.4. The predicted octanol–water partition coefficient (Wildman–Crippen LogP) is 3.80. The minimum Gasteiger partial charge on any atom is -0.385 e. The molecule has 0 bridgehead atoms. The van der Waals surface area contributed by atoms with Crippen LogP contribution in [0.25, 0.3) is 0 Å². The molecule has 0 aliphatic heterocycles. The smallest absolute Gasteiger partial charge is 0.160 e. The monoisotopic (exact) mass is 219 g/mol. The fraction of sp³-hybridized carbons (Fsp3) is 0.500. The average molecular weight is 219 g/mol. The zero-order valence-corrected chi connectivity index (χ0v) is 10.5. The van der Waals surface area contributed by atoms with Crippen molar-refractivity contribution in [2.45, 2.75) is 40.0 Å². The van der Waals surface area contributed by atoms with Gasteiger partial charge < -0.3 is 5.32 Å². The summed E-state index contributed by atoms with van der Waals surface area (Å²) in [6.07, 6.45) is 3.66. The highest BCUT2D eigenvalue weighted by atomic mass is 16.1. The van der Waals surface area contributed by atoms with E-state index in [0.29, 0.717) is 0 Å². The molecule has 1 N–H and O–H groups in total. The number of carbonyl (C=O) groups excluding carboxylic acids is 1. The maximum Gasteiger partial charge on any atom is 0.160 e. The summed E-state index contributed by atoms with van der Waals surface area (Å²) in [4.78, 5) is 11.4. The molecule has 0 atom stereocenters. The van der Waals surface area contributed by atoms with E-state index in [1.807, 2.05) is 25.1 Å². The summed E-state index contributed by atoms with van der Waals surface area (Å²) < 4.78 is 0. The lowest BCUT2D eigenvalue weighted by Crippen LogP contribution is -2.05. The Morgan fingerprint density at radius 1 is 1.31 bits per heavy atom. The van der Waals surface area contributed by atoms with Gasteiger partial charge in [0.05, 0.1) is 0 Å². The highest BCUT2D eigenvalue weighted by molar-refractivity contribution is 5.96. The minimum atomic E-state index is 0.134. The Hall–Kier alpha value is -1.31. The summed E-state index contributed by atoms with van der Waals surface area (Å²) in [5.41, 5.74) is 2.97. The van der Waals surface area contributed by atoms with Crippen molar-refractivity contribution in [1.82, 2.24) is 0 Å². The first kappa shape index (κ1) is 12.8. The molecule has 0 fully saturated rings. The van der Waals surface area contributed by atoms with Crippen molar-refractivity contribution in [3.05, 3.63) is 29.3 Å². The molecule has 2 heteroatoms. The van der Waals surface area contributed by atoms with Crippen LogP contribution in [0.4, 0.5) is 5.69 Å².